The maximum Gasteiger partial charge on any atom is 0.148 e. The summed E-state index contributed by atoms with van der Waals surface area (Å²) in [6.45, 7) is 0.976. The second-order valence-electron chi connectivity index (χ2n) is 5.56. The van der Waals surface area contributed by atoms with Gasteiger partial charge in [0, 0.05) is 42.8 Å². The van der Waals surface area contributed by atoms with Gasteiger partial charge in [-0.1, -0.05) is 6.07 Å². The van der Waals surface area contributed by atoms with Crippen LogP contribution in [0.15, 0.2) is 36.7 Å². The third-order valence-electron chi connectivity index (χ3n) is 3.54. The summed E-state index contributed by atoms with van der Waals surface area (Å²) in [5.74, 6) is 0.127. The molecule has 6 nitrogen and oxygen atoms in total. The smallest absolute Gasteiger partial charge is 0.148 e. The summed E-state index contributed by atoms with van der Waals surface area (Å²) < 4.78 is 22.2. The van der Waals surface area contributed by atoms with Crippen molar-refractivity contribution in [3.05, 3.63) is 41.7 Å². The van der Waals surface area contributed by atoms with Crippen LogP contribution < -0.4 is 11.1 Å². The van der Waals surface area contributed by atoms with Crippen molar-refractivity contribution in [1.82, 2.24) is 15.3 Å². The van der Waals surface area contributed by atoms with Crippen molar-refractivity contribution in [2.24, 2.45) is 0 Å². The topological polar surface area (TPSA) is 98.0 Å². The van der Waals surface area contributed by atoms with E-state index in [9.17, 15) is 8.42 Å². The van der Waals surface area contributed by atoms with Crippen LogP contribution in [0.1, 0.15) is 5.01 Å². The molecule has 0 saturated carbocycles. The lowest BCUT2D eigenvalue weighted by molar-refractivity contribution is 0.596. The summed E-state index contributed by atoms with van der Waals surface area (Å²) >= 11 is 1.57. The van der Waals surface area contributed by atoms with Crippen molar-refractivity contribution >= 4 is 37.8 Å². The van der Waals surface area contributed by atoms with Gasteiger partial charge in [-0.25, -0.2) is 13.4 Å². The molecular weight excluding hydrogens is 344 g/mol. The Hall–Kier alpha value is -2.03. The van der Waals surface area contributed by atoms with E-state index in [0.29, 0.717) is 18.8 Å². The zero-order chi connectivity index (χ0) is 17.2. The van der Waals surface area contributed by atoms with E-state index in [-0.39, 0.29) is 5.75 Å². The van der Waals surface area contributed by atoms with E-state index in [1.165, 1.54) is 6.26 Å². The van der Waals surface area contributed by atoms with Gasteiger partial charge >= 0.3 is 0 Å². The summed E-state index contributed by atoms with van der Waals surface area (Å²) in [4.78, 5) is 9.73. The average Bonchev–Trinajstić information content (AvgIpc) is 3.00. The second-order valence-corrected chi connectivity index (χ2v) is 8.93. The zero-order valence-corrected chi connectivity index (χ0v) is 14.8. The first-order chi connectivity index (χ1) is 11.4. The Morgan fingerprint density at radius 1 is 1.25 bits per heavy atom. The molecule has 126 valence electrons. The fourth-order valence-corrected chi connectivity index (χ4v) is 3.70. The number of sulfone groups is 1. The summed E-state index contributed by atoms with van der Waals surface area (Å²) in [5.41, 5.74) is 8.63. The highest BCUT2D eigenvalue weighted by Gasteiger charge is 2.08. The standard InChI is InChI=1S/C16H18N4O2S2/c1-24(21,22)7-6-18-10-16-20-9-15(23-16)11-2-3-14-12(8-11)13(17)4-5-19-14/h2-5,8-9,18H,6-7,10H2,1H3,(H2,17,19). The molecule has 0 aliphatic rings. The van der Waals surface area contributed by atoms with Gasteiger partial charge in [0.15, 0.2) is 0 Å². The molecule has 0 saturated heterocycles. The summed E-state index contributed by atoms with van der Waals surface area (Å²) in [7, 11) is -2.94. The van der Waals surface area contributed by atoms with E-state index < -0.39 is 9.84 Å². The van der Waals surface area contributed by atoms with Crippen LogP contribution in [0.2, 0.25) is 0 Å². The molecule has 0 unspecified atom stereocenters. The molecule has 2 heterocycles. The van der Waals surface area contributed by atoms with Crippen LogP contribution in [0.4, 0.5) is 5.69 Å². The molecule has 8 heteroatoms. The molecule has 0 aliphatic carbocycles. The molecule has 2 aromatic heterocycles. The molecule has 3 rings (SSSR count). The van der Waals surface area contributed by atoms with E-state index in [1.54, 1.807) is 23.6 Å². The first kappa shape index (κ1) is 16.8. The monoisotopic (exact) mass is 362 g/mol. The number of hydrogen-bond donors (Lipinski definition) is 2. The minimum Gasteiger partial charge on any atom is -0.398 e. The van der Waals surface area contributed by atoms with E-state index in [0.717, 1.165) is 26.4 Å². The highest BCUT2D eigenvalue weighted by molar-refractivity contribution is 7.90. The summed E-state index contributed by atoms with van der Waals surface area (Å²) in [6.07, 6.45) is 4.76. The number of anilines is 1. The van der Waals surface area contributed by atoms with Gasteiger partial charge in [0.25, 0.3) is 0 Å². The molecule has 3 aromatic rings. The highest BCUT2D eigenvalue weighted by atomic mass is 32.2. The molecule has 0 amide bonds. The highest BCUT2D eigenvalue weighted by Crippen LogP contribution is 2.30. The van der Waals surface area contributed by atoms with Crippen LogP contribution in [0.3, 0.4) is 0 Å². The number of aromatic nitrogens is 2. The molecule has 0 aliphatic heterocycles. The van der Waals surface area contributed by atoms with Gasteiger partial charge in [0.2, 0.25) is 0 Å². The number of benzene rings is 1. The van der Waals surface area contributed by atoms with Gasteiger partial charge in [-0.05, 0) is 23.8 Å². The lowest BCUT2D eigenvalue weighted by Crippen LogP contribution is -2.21. The van der Waals surface area contributed by atoms with Crippen LogP contribution in [-0.2, 0) is 16.4 Å². The van der Waals surface area contributed by atoms with E-state index in [2.05, 4.69) is 15.3 Å². The number of nitrogens with two attached hydrogens (primary N) is 1. The number of pyridine rings is 1. The lowest BCUT2D eigenvalue weighted by atomic mass is 10.1. The fourth-order valence-electron chi connectivity index (χ4n) is 2.30. The van der Waals surface area contributed by atoms with Crippen molar-refractivity contribution in [3.8, 4) is 10.4 Å². The molecule has 0 spiro atoms. The molecule has 3 N–H and O–H groups in total. The maximum absolute atomic E-state index is 11.1. The van der Waals surface area contributed by atoms with Gasteiger partial charge in [0.1, 0.15) is 14.8 Å². The van der Waals surface area contributed by atoms with E-state index in [4.69, 9.17) is 5.73 Å². The SMILES string of the molecule is CS(=O)(=O)CCNCc1ncc(-c2ccc3nccc(N)c3c2)s1. The van der Waals surface area contributed by atoms with E-state index in [1.807, 2.05) is 24.4 Å². The first-order valence-corrected chi connectivity index (χ1v) is 10.3. The van der Waals surface area contributed by atoms with Crippen LogP contribution in [0.5, 0.6) is 0 Å². The molecular formula is C16H18N4O2S2. The van der Waals surface area contributed by atoms with Crippen molar-refractivity contribution < 1.29 is 8.42 Å². The Balaban J connectivity index is 1.72. The van der Waals surface area contributed by atoms with Crippen molar-refractivity contribution in [3.63, 3.8) is 0 Å². The minimum atomic E-state index is -2.94. The second kappa shape index (κ2) is 6.84. The Bertz CT molecular complexity index is 967. The van der Waals surface area contributed by atoms with Crippen molar-refractivity contribution in [2.45, 2.75) is 6.54 Å². The predicted molar refractivity (Wildman–Crippen MR) is 98.7 cm³/mol. The van der Waals surface area contributed by atoms with Crippen LogP contribution in [0.25, 0.3) is 21.3 Å². The van der Waals surface area contributed by atoms with Gasteiger partial charge in [-0.3, -0.25) is 4.98 Å². The number of thiazole rings is 1. The van der Waals surface area contributed by atoms with Crippen LogP contribution in [0, 0.1) is 0 Å². The van der Waals surface area contributed by atoms with Gasteiger partial charge < -0.3 is 11.1 Å². The largest absolute Gasteiger partial charge is 0.398 e. The molecule has 24 heavy (non-hydrogen) atoms. The number of nitrogens with zero attached hydrogens (tertiary/aromatic N) is 2. The Morgan fingerprint density at radius 2 is 2.08 bits per heavy atom. The zero-order valence-electron chi connectivity index (χ0n) is 13.2. The van der Waals surface area contributed by atoms with Crippen molar-refractivity contribution in [1.29, 1.82) is 0 Å². The first-order valence-electron chi connectivity index (χ1n) is 7.40. The third-order valence-corrected chi connectivity index (χ3v) is 5.53. The normalized spacial score (nSPS) is 11.9. The van der Waals surface area contributed by atoms with Gasteiger partial charge in [-0.2, -0.15) is 0 Å². The molecule has 0 atom stereocenters. The predicted octanol–water partition coefficient (Wildman–Crippen LogP) is 2.07. The summed E-state index contributed by atoms with van der Waals surface area (Å²) in [5, 5.41) is 4.94. The Morgan fingerprint density at radius 3 is 2.88 bits per heavy atom. The number of rotatable bonds is 6. The van der Waals surface area contributed by atoms with E-state index >= 15 is 0 Å². The number of fused-ring (bicyclic) bond motifs is 1. The average molecular weight is 362 g/mol. The molecule has 0 radical (unpaired) electrons. The number of nitrogen functional groups attached to an aromatic ring is 1. The molecule has 0 fully saturated rings. The van der Waals surface area contributed by atoms with Crippen LogP contribution >= 0.6 is 11.3 Å². The Labute approximate surface area is 144 Å². The molecule has 0 bridgehead atoms. The fraction of sp³-hybridized carbons (Fsp3) is 0.250. The molecule has 1 aromatic carbocycles. The van der Waals surface area contributed by atoms with Crippen LogP contribution in [-0.4, -0.2) is 36.9 Å². The van der Waals surface area contributed by atoms with Crippen molar-refractivity contribution in [2.75, 3.05) is 24.3 Å². The quantitative estimate of drug-likeness (QED) is 0.652. The van der Waals surface area contributed by atoms with Gasteiger partial charge in [-0.15, -0.1) is 11.3 Å². The number of hydrogen-bond acceptors (Lipinski definition) is 7. The lowest BCUT2D eigenvalue weighted by Gasteiger charge is -2.03. The number of nitrogens with one attached hydrogen (secondary N) is 1. The third kappa shape index (κ3) is 4.08. The Kier molecular flexibility index (Phi) is 4.79. The maximum atomic E-state index is 11.1. The van der Waals surface area contributed by atoms with Gasteiger partial charge in [0.05, 0.1) is 16.1 Å². The summed E-state index contributed by atoms with van der Waals surface area (Å²) in [6, 6.07) is 7.76. The minimum absolute atomic E-state index is 0.127.